The lowest BCUT2D eigenvalue weighted by molar-refractivity contribution is -0.129. The van der Waals surface area contributed by atoms with E-state index in [1.165, 1.54) is 35.7 Å². The van der Waals surface area contributed by atoms with Crippen molar-refractivity contribution in [2.45, 2.75) is 57.6 Å². The quantitative estimate of drug-likeness (QED) is 0.242. The number of hydrogen-bond acceptors (Lipinski definition) is 3. The van der Waals surface area contributed by atoms with Gasteiger partial charge >= 0.3 is 0 Å². The minimum Gasteiger partial charge on any atom is -0.356 e. The largest absolute Gasteiger partial charge is 0.356 e. The van der Waals surface area contributed by atoms with E-state index in [0.717, 1.165) is 39.8 Å². The zero-order valence-electron chi connectivity index (χ0n) is 22.4. The van der Waals surface area contributed by atoms with Gasteiger partial charge in [-0.05, 0) is 67.7 Å². The number of nitrogens with zero attached hydrogens (tertiary/aromatic N) is 2. The lowest BCUT2D eigenvalue weighted by atomic mass is 9.85. The molecule has 1 saturated heterocycles. The molecule has 2 fully saturated rings. The number of amides is 1. The second-order valence-corrected chi connectivity index (χ2v) is 12.3. The summed E-state index contributed by atoms with van der Waals surface area (Å²) in [6.45, 7) is 5.21. The molecule has 1 aliphatic carbocycles. The molecule has 2 aliphatic rings. The van der Waals surface area contributed by atoms with E-state index in [2.05, 4.69) is 83.2 Å². The summed E-state index contributed by atoms with van der Waals surface area (Å²) < 4.78 is 2.34. The number of rotatable bonds is 6. The topological polar surface area (TPSA) is 37.3 Å². The Labute approximate surface area is 240 Å². The first kappa shape index (κ1) is 26.1. The summed E-state index contributed by atoms with van der Waals surface area (Å²) in [4.78, 5) is 17.0. The van der Waals surface area contributed by atoms with Crippen LogP contribution in [0.2, 0.25) is 5.02 Å². The Hall–Kier alpha value is -3.15. The monoisotopic (exact) mass is 555 g/mol. The number of aromatic nitrogens is 1. The smallest absolute Gasteiger partial charge is 0.262 e. The van der Waals surface area contributed by atoms with Gasteiger partial charge in [-0.3, -0.25) is 4.79 Å². The van der Waals surface area contributed by atoms with Gasteiger partial charge in [0, 0.05) is 45.5 Å². The molecule has 6 heteroatoms. The van der Waals surface area contributed by atoms with E-state index in [4.69, 9.17) is 11.6 Å². The van der Waals surface area contributed by atoms with E-state index in [-0.39, 0.29) is 17.4 Å². The van der Waals surface area contributed by atoms with Gasteiger partial charge in [0.1, 0.15) is 0 Å². The van der Waals surface area contributed by atoms with Crippen molar-refractivity contribution in [3.63, 3.8) is 0 Å². The molecule has 4 aromatic rings. The van der Waals surface area contributed by atoms with E-state index in [1.54, 1.807) is 11.8 Å². The molecule has 1 unspecified atom stereocenters. The Morgan fingerprint density at radius 2 is 1.69 bits per heavy atom. The van der Waals surface area contributed by atoms with Gasteiger partial charge in [0.05, 0.1) is 4.91 Å². The number of halogens is 1. The Balaban J connectivity index is 1.39. The van der Waals surface area contributed by atoms with E-state index < -0.39 is 0 Å². The molecular formula is C33H34ClN3OS. The van der Waals surface area contributed by atoms with Crippen LogP contribution in [0, 0.1) is 12.8 Å². The Morgan fingerprint density at radius 1 is 0.974 bits per heavy atom. The van der Waals surface area contributed by atoms with Crippen molar-refractivity contribution in [1.82, 2.24) is 9.47 Å². The molecule has 2 heterocycles. The van der Waals surface area contributed by atoms with Crippen molar-refractivity contribution >= 4 is 51.9 Å². The maximum atomic E-state index is 14.1. The highest BCUT2D eigenvalue weighted by Gasteiger charge is 2.43. The minimum atomic E-state index is -0.126. The van der Waals surface area contributed by atoms with E-state index in [9.17, 15) is 4.79 Å². The molecule has 4 nitrogen and oxygen atoms in total. The summed E-state index contributed by atoms with van der Waals surface area (Å²) in [5.41, 5.74) is 5.55. The van der Waals surface area contributed by atoms with Gasteiger partial charge in [-0.2, -0.15) is 0 Å². The maximum absolute atomic E-state index is 14.1. The first-order valence-corrected chi connectivity index (χ1v) is 15.1. The van der Waals surface area contributed by atoms with Gasteiger partial charge in [0.2, 0.25) is 0 Å². The molecule has 0 radical (unpaired) electrons. The first-order valence-electron chi connectivity index (χ1n) is 13.8. The van der Waals surface area contributed by atoms with E-state index >= 15 is 0 Å². The number of anilines is 1. The number of carbonyl (C=O) groups is 1. The molecular weight excluding hydrogens is 522 g/mol. The normalized spacial score (nSPS) is 22.6. The summed E-state index contributed by atoms with van der Waals surface area (Å²) in [6, 6.07) is 27.0. The van der Waals surface area contributed by atoms with Gasteiger partial charge in [-0.15, -0.1) is 0 Å². The summed E-state index contributed by atoms with van der Waals surface area (Å²) >= 11 is 7.78. The fourth-order valence-corrected chi connectivity index (χ4v) is 7.43. The zero-order chi connectivity index (χ0) is 26.9. The van der Waals surface area contributed by atoms with Crippen LogP contribution in [0.1, 0.15) is 49.4 Å². The van der Waals surface area contributed by atoms with Gasteiger partial charge in [0.25, 0.3) is 5.91 Å². The third-order valence-electron chi connectivity index (χ3n) is 8.23. The van der Waals surface area contributed by atoms with Crippen molar-refractivity contribution in [3.8, 4) is 0 Å². The second-order valence-electron chi connectivity index (χ2n) is 10.8. The maximum Gasteiger partial charge on any atom is 0.262 e. The number of hydrogen-bond donors (Lipinski definition) is 1. The third-order valence-corrected chi connectivity index (χ3v) is 9.60. The molecule has 6 rings (SSSR count). The third kappa shape index (κ3) is 5.22. The van der Waals surface area contributed by atoms with Crippen molar-refractivity contribution in [1.29, 1.82) is 0 Å². The molecule has 3 atom stereocenters. The predicted octanol–water partition coefficient (Wildman–Crippen LogP) is 8.54. The van der Waals surface area contributed by atoms with Crippen molar-refractivity contribution in [2.75, 3.05) is 5.32 Å². The average molecular weight is 556 g/mol. The second kappa shape index (κ2) is 11.1. The van der Waals surface area contributed by atoms with Gasteiger partial charge in [-0.25, -0.2) is 0 Å². The van der Waals surface area contributed by atoms with Crippen LogP contribution >= 0.6 is 23.4 Å². The van der Waals surface area contributed by atoms with Crippen LogP contribution in [0.5, 0.6) is 0 Å². The highest BCUT2D eigenvalue weighted by molar-refractivity contribution is 8.05. The number of thioether (sulfide) groups is 1. The molecule has 0 bridgehead atoms. The molecule has 0 spiro atoms. The van der Waals surface area contributed by atoms with Crippen molar-refractivity contribution < 1.29 is 4.79 Å². The number of benzene rings is 3. The number of carbonyl (C=O) groups excluding carboxylic acids is 1. The Bertz CT molecular complexity index is 1510. The predicted molar refractivity (Wildman–Crippen MR) is 165 cm³/mol. The van der Waals surface area contributed by atoms with Crippen LogP contribution in [0.4, 0.5) is 5.69 Å². The highest BCUT2D eigenvalue weighted by atomic mass is 35.5. The SMILES string of the molecule is Cc1c(/C=C2\SC(Nc3ccccc3)N([C@H]3CCCC[C@H]3C)C2=O)c2ccccc2n1Cc1ccc(Cl)cc1. The summed E-state index contributed by atoms with van der Waals surface area (Å²) in [7, 11) is 0. The van der Waals surface area contributed by atoms with Gasteiger partial charge in [-0.1, -0.05) is 91.7 Å². The molecule has 1 aliphatic heterocycles. The molecule has 200 valence electrons. The highest BCUT2D eigenvalue weighted by Crippen LogP contribution is 2.43. The number of para-hydroxylation sites is 2. The summed E-state index contributed by atoms with van der Waals surface area (Å²) in [6.07, 6.45) is 6.80. The molecule has 1 amide bonds. The summed E-state index contributed by atoms with van der Waals surface area (Å²) in [5, 5.41) is 5.57. The molecule has 3 aromatic carbocycles. The number of fused-ring (bicyclic) bond motifs is 1. The zero-order valence-corrected chi connectivity index (χ0v) is 24.0. The molecule has 39 heavy (non-hydrogen) atoms. The van der Waals surface area contributed by atoms with Gasteiger partial charge < -0.3 is 14.8 Å². The standard InChI is InChI=1S/C33H34ClN3OS/c1-22-10-6-8-14-29(22)37-32(38)31(39-33(37)35-26-11-4-3-5-12-26)20-28-23(2)36(30-15-9-7-13-27(28)30)21-24-16-18-25(34)19-17-24/h3-5,7,9,11-13,15-20,22,29,33,35H,6,8,10,14,21H2,1-2H3/b31-20-/t22-,29+,33?/m1/s1. The van der Waals surface area contributed by atoms with Crippen LogP contribution in [-0.2, 0) is 11.3 Å². The van der Waals surface area contributed by atoms with Crippen LogP contribution in [0.15, 0.2) is 83.8 Å². The fraction of sp³-hybridized carbons (Fsp3) is 0.303. The van der Waals surface area contributed by atoms with Crippen LogP contribution < -0.4 is 5.32 Å². The van der Waals surface area contributed by atoms with Gasteiger partial charge in [0.15, 0.2) is 5.50 Å². The Morgan fingerprint density at radius 3 is 2.46 bits per heavy atom. The van der Waals surface area contributed by atoms with Crippen LogP contribution in [0.25, 0.3) is 17.0 Å². The van der Waals surface area contributed by atoms with E-state index in [0.29, 0.717) is 5.92 Å². The first-order chi connectivity index (χ1) is 19.0. The van der Waals surface area contributed by atoms with E-state index in [1.807, 2.05) is 30.3 Å². The Kier molecular flexibility index (Phi) is 7.46. The van der Waals surface area contributed by atoms with Crippen molar-refractivity contribution in [2.24, 2.45) is 5.92 Å². The fourth-order valence-electron chi connectivity index (χ4n) is 6.11. The lowest BCUT2D eigenvalue weighted by Gasteiger charge is -2.39. The average Bonchev–Trinajstić information content (AvgIpc) is 3.39. The van der Waals surface area contributed by atoms with Crippen molar-refractivity contribution in [3.05, 3.63) is 106 Å². The molecule has 1 saturated carbocycles. The lowest BCUT2D eigenvalue weighted by Crippen LogP contribution is -2.48. The molecule has 1 aromatic heterocycles. The summed E-state index contributed by atoms with van der Waals surface area (Å²) in [5.74, 6) is 0.631. The van der Waals surface area contributed by atoms with Crippen LogP contribution in [0.3, 0.4) is 0 Å². The minimum absolute atomic E-state index is 0.126. The molecule has 1 N–H and O–H groups in total. The number of nitrogens with one attached hydrogen (secondary N) is 1. The van der Waals surface area contributed by atoms with Crippen LogP contribution in [-0.4, -0.2) is 26.9 Å².